The van der Waals surface area contributed by atoms with Crippen LogP contribution in [0.3, 0.4) is 0 Å². The molecule has 2 fully saturated rings. The van der Waals surface area contributed by atoms with Crippen molar-refractivity contribution >= 4 is 36.6 Å². The number of fused-ring (bicyclic) bond motifs is 1. The Hall–Kier alpha value is -2.39. The first-order chi connectivity index (χ1) is 17.3. The van der Waals surface area contributed by atoms with Gasteiger partial charge in [0.25, 0.3) is 0 Å². The number of carbonyl (C=O) groups is 1. The summed E-state index contributed by atoms with van der Waals surface area (Å²) in [7, 11) is -4.03. The highest BCUT2D eigenvalue weighted by atomic mass is 31.2. The fourth-order valence-electron chi connectivity index (χ4n) is 4.13. The zero-order valence-electron chi connectivity index (χ0n) is 21.2. The smallest absolute Gasteiger partial charge is 0.338 e. The Morgan fingerprint density at radius 3 is 2.73 bits per heavy atom. The van der Waals surface area contributed by atoms with Crippen molar-refractivity contribution in [1.29, 1.82) is 0 Å². The summed E-state index contributed by atoms with van der Waals surface area (Å²) in [5, 5.41) is 27.8. The van der Waals surface area contributed by atoms with Crippen molar-refractivity contribution in [2.24, 2.45) is 11.4 Å². The maximum Gasteiger partial charge on any atom is 0.338 e. The van der Waals surface area contributed by atoms with E-state index in [1.54, 1.807) is 20.8 Å². The Labute approximate surface area is 213 Å². The predicted molar refractivity (Wildman–Crippen MR) is 133 cm³/mol. The molecular weight excluding hydrogens is 507 g/mol. The van der Waals surface area contributed by atoms with Crippen molar-refractivity contribution in [2.75, 3.05) is 24.3 Å². The molecule has 0 amide bonds. The molecular formula is C21H35N8O7P. The predicted octanol–water partition coefficient (Wildman–Crippen LogP) is 0.253. The van der Waals surface area contributed by atoms with Gasteiger partial charge in [-0.1, -0.05) is 13.8 Å². The van der Waals surface area contributed by atoms with Gasteiger partial charge in [-0.05, 0) is 32.6 Å². The molecule has 15 nitrogen and oxygen atoms in total. The molecule has 0 aromatic carbocycles. The molecule has 8 N–H and O–H groups in total. The molecule has 0 bridgehead atoms. The van der Waals surface area contributed by atoms with Gasteiger partial charge in [-0.2, -0.15) is 9.97 Å². The van der Waals surface area contributed by atoms with Crippen LogP contribution in [0.15, 0.2) is 6.33 Å². The number of aliphatic hydroxyl groups excluding tert-OH is 1. The molecule has 16 heteroatoms. The summed E-state index contributed by atoms with van der Waals surface area (Å²) in [5.41, 5.74) is 10.6. The van der Waals surface area contributed by atoms with Crippen molar-refractivity contribution in [3.8, 4) is 0 Å². The monoisotopic (exact) mass is 542 g/mol. The van der Waals surface area contributed by atoms with Gasteiger partial charge in [-0.25, -0.2) is 15.6 Å². The summed E-state index contributed by atoms with van der Waals surface area (Å²) in [5.74, 6) is -0.429. The number of hydrogen-bond donors (Lipinski definition) is 6. The highest BCUT2D eigenvalue weighted by Gasteiger charge is 2.54. The van der Waals surface area contributed by atoms with Gasteiger partial charge in [-0.3, -0.25) is 13.9 Å². The third kappa shape index (κ3) is 5.87. The van der Waals surface area contributed by atoms with E-state index >= 15 is 0 Å². The normalized spacial score (nSPS) is 28.4. The lowest BCUT2D eigenvalue weighted by Crippen LogP contribution is -2.45. The van der Waals surface area contributed by atoms with Gasteiger partial charge >= 0.3 is 13.6 Å². The molecule has 206 valence electrons. The average molecular weight is 543 g/mol. The Bertz CT molecular complexity index is 1190. The van der Waals surface area contributed by atoms with Crippen LogP contribution in [0.4, 0.5) is 11.8 Å². The molecule has 37 heavy (non-hydrogen) atoms. The van der Waals surface area contributed by atoms with E-state index in [4.69, 9.17) is 25.2 Å². The van der Waals surface area contributed by atoms with Gasteiger partial charge in [-0.15, -0.1) is 0 Å². The molecule has 1 saturated carbocycles. The molecule has 1 saturated heterocycles. The van der Waals surface area contributed by atoms with Gasteiger partial charge in [0.15, 0.2) is 23.2 Å². The molecule has 1 aliphatic carbocycles. The molecule has 2 aliphatic rings. The zero-order chi connectivity index (χ0) is 27.1. The van der Waals surface area contributed by atoms with Gasteiger partial charge in [0.2, 0.25) is 5.95 Å². The van der Waals surface area contributed by atoms with E-state index in [-0.39, 0.29) is 24.5 Å². The third-order valence-electron chi connectivity index (χ3n) is 6.32. The van der Waals surface area contributed by atoms with E-state index in [0.29, 0.717) is 17.0 Å². The number of nitrogens with one attached hydrogen (secondary N) is 2. The summed E-state index contributed by atoms with van der Waals surface area (Å²) < 4.78 is 30.6. The minimum Gasteiger partial charge on any atom is -0.465 e. The van der Waals surface area contributed by atoms with Crippen molar-refractivity contribution in [3.63, 3.8) is 0 Å². The Morgan fingerprint density at radius 2 is 2.11 bits per heavy atom. The number of aromatic nitrogens is 4. The standard InChI is InChI=1S/C21H35N8O7P/c1-5-34-18(31)13(10(2)3)28-37(23,33)35-8-12-15(30)21(4,32)19(36-12)29-9-24-14-16(25-11-6-7-11)26-20(22)27-17(14)29/h9-13,15,19,30,32H,5-8H2,1-4H3,(H3,23,28,33)(H3,22,25,26,27)/t12-,13?,15?,19-,21?,37?/m1/s1. The minimum absolute atomic E-state index is 0.00641. The maximum atomic E-state index is 12.9. The topological polar surface area (TPSA) is 222 Å². The number of ether oxygens (including phenoxy) is 2. The summed E-state index contributed by atoms with van der Waals surface area (Å²) in [4.78, 5) is 25.1. The van der Waals surface area contributed by atoms with Gasteiger partial charge in [0.05, 0.1) is 19.5 Å². The number of aliphatic hydroxyl groups is 2. The quantitative estimate of drug-likeness (QED) is 0.165. The second-order valence-corrected chi connectivity index (χ2v) is 11.6. The molecule has 1 aliphatic heterocycles. The number of rotatable bonds is 11. The summed E-state index contributed by atoms with van der Waals surface area (Å²) >= 11 is 0. The number of nitrogens with two attached hydrogens (primary N) is 2. The van der Waals surface area contributed by atoms with E-state index in [9.17, 15) is 19.6 Å². The number of esters is 1. The zero-order valence-corrected chi connectivity index (χ0v) is 22.1. The molecule has 2 aromatic rings. The summed E-state index contributed by atoms with van der Waals surface area (Å²) in [6.45, 7) is 6.21. The lowest BCUT2D eigenvalue weighted by atomic mass is 9.96. The largest absolute Gasteiger partial charge is 0.465 e. The van der Waals surface area contributed by atoms with Crippen LogP contribution in [0, 0.1) is 5.92 Å². The molecule has 3 heterocycles. The van der Waals surface area contributed by atoms with Crippen LogP contribution >= 0.6 is 7.67 Å². The van der Waals surface area contributed by atoms with Crippen LogP contribution in [0.25, 0.3) is 11.2 Å². The number of hydrogen-bond acceptors (Lipinski definition) is 12. The highest BCUT2D eigenvalue weighted by molar-refractivity contribution is 7.54. The van der Waals surface area contributed by atoms with Crippen molar-refractivity contribution in [1.82, 2.24) is 24.6 Å². The second-order valence-electron chi connectivity index (χ2n) is 9.87. The van der Waals surface area contributed by atoms with Gasteiger partial charge in [0, 0.05) is 6.04 Å². The Balaban J connectivity index is 1.50. The lowest BCUT2D eigenvalue weighted by molar-refractivity contribution is -0.146. The molecule has 0 radical (unpaired) electrons. The first kappa shape index (κ1) is 27.6. The van der Waals surface area contributed by atoms with Crippen molar-refractivity contribution in [3.05, 3.63) is 6.33 Å². The molecule has 6 atom stereocenters. The SMILES string of the molecule is CCOC(=O)C(NP(N)(=O)OC[C@H]1O[C@@H](n2cnc3c(NC4CC4)nc(N)nc32)C(C)(O)C1O)C(C)C. The number of anilines is 2. The minimum atomic E-state index is -4.03. The van der Waals surface area contributed by atoms with Crippen molar-refractivity contribution in [2.45, 2.75) is 76.7 Å². The Morgan fingerprint density at radius 1 is 1.41 bits per heavy atom. The van der Waals surface area contributed by atoms with Crippen LogP contribution in [0.5, 0.6) is 0 Å². The number of nitrogen functional groups attached to an aromatic ring is 1. The van der Waals surface area contributed by atoms with Crippen LogP contribution < -0.4 is 21.6 Å². The fourth-order valence-corrected chi connectivity index (χ4v) is 5.36. The van der Waals surface area contributed by atoms with Crippen LogP contribution in [-0.2, 0) is 23.4 Å². The second kappa shape index (κ2) is 10.4. The van der Waals surface area contributed by atoms with Crippen LogP contribution in [0.1, 0.15) is 46.8 Å². The summed E-state index contributed by atoms with van der Waals surface area (Å²) in [6, 6.07) is -0.682. The number of imidazole rings is 1. The Kier molecular flexibility index (Phi) is 7.77. The molecule has 2 aromatic heterocycles. The van der Waals surface area contributed by atoms with E-state index in [0.717, 1.165) is 12.8 Å². The van der Waals surface area contributed by atoms with Gasteiger partial charge < -0.3 is 35.3 Å². The first-order valence-electron chi connectivity index (χ1n) is 12.1. The highest BCUT2D eigenvalue weighted by Crippen LogP contribution is 2.42. The van der Waals surface area contributed by atoms with E-state index < -0.39 is 50.3 Å². The maximum absolute atomic E-state index is 12.9. The first-order valence-corrected chi connectivity index (χ1v) is 13.8. The van der Waals surface area contributed by atoms with Gasteiger partial charge in [0.1, 0.15) is 23.9 Å². The van der Waals surface area contributed by atoms with E-state index in [1.165, 1.54) is 17.8 Å². The summed E-state index contributed by atoms with van der Waals surface area (Å²) in [6.07, 6.45) is -0.287. The molecule has 0 spiro atoms. The average Bonchev–Trinajstić information content (AvgIpc) is 3.48. The number of nitrogens with zero attached hydrogens (tertiary/aromatic N) is 4. The molecule has 4 rings (SSSR count). The number of carbonyl (C=O) groups excluding carboxylic acids is 1. The van der Waals surface area contributed by atoms with Crippen LogP contribution in [-0.4, -0.2) is 78.8 Å². The van der Waals surface area contributed by atoms with Crippen molar-refractivity contribution < 1.29 is 33.6 Å². The van der Waals surface area contributed by atoms with E-state index in [2.05, 4.69) is 25.4 Å². The molecule has 4 unspecified atom stereocenters. The van der Waals surface area contributed by atoms with Crippen LogP contribution in [0.2, 0.25) is 0 Å². The third-order valence-corrected chi connectivity index (χ3v) is 7.49. The lowest BCUT2D eigenvalue weighted by Gasteiger charge is -2.27. The van der Waals surface area contributed by atoms with E-state index in [1.807, 2.05) is 0 Å². The fraction of sp³-hybridized carbons (Fsp3) is 0.714.